The smallest absolute Gasteiger partial charge is 0.347 e. The zero-order valence-corrected chi connectivity index (χ0v) is 27.5. The van der Waals surface area contributed by atoms with Gasteiger partial charge in [0, 0.05) is 55.6 Å². The fourth-order valence-corrected chi connectivity index (χ4v) is 10.7. The van der Waals surface area contributed by atoms with Crippen molar-refractivity contribution in [2.45, 2.75) is 102 Å². The van der Waals surface area contributed by atoms with Gasteiger partial charge in [0.2, 0.25) is 6.10 Å². The SMILES string of the molecule is COC(=O)[C@H](OC(C)=O)[C@H]1[C@]2(C)C[C@]3(O)[C@H]([C@H]2OC(C)=O)[C@H](O)[C@]2(O)C4=CC(=O)O[C@@H](c5ccoc5)[C@]4(C)[C@@H](OC(C)=O)C[C@]2(O)[C@]13C. The van der Waals surface area contributed by atoms with Gasteiger partial charge in [0.15, 0.2) is 0 Å². The Morgan fingerprint density at radius 1 is 1.00 bits per heavy atom. The molecule has 48 heavy (non-hydrogen) atoms. The number of cyclic esters (lactones) is 1. The number of fused-ring (bicyclic) bond motifs is 5. The summed E-state index contributed by atoms with van der Waals surface area (Å²) in [6.07, 6.45) is -5.51. The Morgan fingerprint density at radius 2 is 1.65 bits per heavy atom. The van der Waals surface area contributed by atoms with E-state index in [1.807, 2.05) is 0 Å². The third-order valence-electron chi connectivity index (χ3n) is 12.3. The van der Waals surface area contributed by atoms with Crippen molar-refractivity contribution in [3.8, 4) is 0 Å². The lowest BCUT2D eigenvalue weighted by Gasteiger charge is -2.74. The van der Waals surface area contributed by atoms with E-state index in [0.717, 1.165) is 34.0 Å². The summed E-state index contributed by atoms with van der Waals surface area (Å²) < 4.78 is 33.1. The molecule has 15 nitrogen and oxygen atoms in total. The Bertz CT molecular complexity index is 1620. The van der Waals surface area contributed by atoms with Crippen LogP contribution in [0.2, 0.25) is 0 Å². The summed E-state index contributed by atoms with van der Waals surface area (Å²) in [5, 5.41) is 51.8. The normalized spacial score (nSPS) is 45.9. The molecule has 2 bridgehead atoms. The van der Waals surface area contributed by atoms with Crippen LogP contribution in [0.4, 0.5) is 0 Å². The van der Waals surface area contributed by atoms with Crippen molar-refractivity contribution in [2.24, 2.45) is 28.1 Å². The van der Waals surface area contributed by atoms with Crippen LogP contribution in [-0.2, 0) is 47.7 Å². The second-order valence-corrected chi connectivity index (χ2v) is 14.5. The number of aliphatic hydroxyl groups excluding tert-OH is 1. The van der Waals surface area contributed by atoms with Crippen LogP contribution in [-0.4, -0.2) is 98.6 Å². The predicted octanol–water partition coefficient (Wildman–Crippen LogP) is 0.412. The first-order valence-electron chi connectivity index (χ1n) is 15.6. The van der Waals surface area contributed by atoms with Crippen molar-refractivity contribution in [3.05, 3.63) is 35.8 Å². The van der Waals surface area contributed by atoms with Crippen LogP contribution in [0.1, 0.15) is 66.1 Å². The summed E-state index contributed by atoms with van der Waals surface area (Å²) >= 11 is 0. The fraction of sp³-hybridized carbons (Fsp3) is 0.667. The highest BCUT2D eigenvalue weighted by Gasteiger charge is 2.93. The number of hydrogen-bond acceptors (Lipinski definition) is 15. The standard InChI is InChI=1S/C33H40O15/c1-14(34)45-19-11-32(41)30(6)23(22(27(39)43-7)46-15(2)35)28(4)13-31(30,40)21(26(28)47-16(3)36)24(38)33(32,42)18-10-20(37)48-25(29(18,19)5)17-8-9-44-12-17/h8-10,12,19,21-26,38,40-42H,11,13H2,1-7H3/t19-,21-,22+,23-,24-,25-,26+,28-,29-,30+,31-,32-,33+/m0/s1. The van der Waals surface area contributed by atoms with E-state index >= 15 is 0 Å². The molecule has 4 aliphatic carbocycles. The number of esters is 5. The molecule has 0 saturated heterocycles. The van der Waals surface area contributed by atoms with Gasteiger partial charge in [0.05, 0.1) is 42.7 Å². The molecule has 6 rings (SSSR count). The van der Waals surface area contributed by atoms with E-state index in [1.165, 1.54) is 32.4 Å². The summed E-state index contributed by atoms with van der Waals surface area (Å²) in [5.74, 6) is -7.55. The van der Waals surface area contributed by atoms with Crippen LogP contribution in [0.15, 0.2) is 34.7 Å². The van der Waals surface area contributed by atoms with Gasteiger partial charge in [-0.1, -0.05) is 13.8 Å². The second kappa shape index (κ2) is 10.4. The minimum atomic E-state index is -2.87. The molecular formula is C33H40O15. The number of aliphatic hydroxyl groups is 4. The highest BCUT2D eigenvalue weighted by molar-refractivity contribution is 5.86. The van der Waals surface area contributed by atoms with Crippen molar-refractivity contribution >= 4 is 29.8 Å². The quantitative estimate of drug-likeness (QED) is 0.236. The highest BCUT2D eigenvalue weighted by atomic mass is 16.6. The van der Waals surface area contributed by atoms with Crippen LogP contribution in [0.5, 0.6) is 0 Å². The van der Waals surface area contributed by atoms with Gasteiger partial charge in [0.1, 0.15) is 29.5 Å². The minimum Gasteiger partial charge on any atom is -0.472 e. The third kappa shape index (κ3) is 3.81. The van der Waals surface area contributed by atoms with Crippen LogP contribution in [0.25, 0.3) is 0 Å². The summed E-state index contributed by atoms with van der Waals surface area (Å²) in [4.78, 5) is 64.5. The summed E-state index contributed by atoms with van der Waals surface area (Å²) in [6, 6.07) is 1.50. The zero-order chi connectivity index (χ0) is 35.6. The maximum atomic E-state index is 13.5. The van der Waals surface area contributed by atoms with Gasteiger partial charge >= 0.3 is 29.8 Å². The van der Waals surface area contributed by atoms with Gasteiger partial charge in [-0.25, -0.2) is 9.59 Å². The predicted molar refractivity (Wildman–Crippen MR) is 156 cm³/mol. The van der Waals surface area contributed by atoms with E-state index < -0.39 is 112 Å². The molecule has 0 amide bonds. The molecule has 0 radical (unpaired) electrons. The molecule has 13 atom stereocenters. The van der Waals surface area contributed by atoms with Gasteiger partial charge in [0.25, 0.3) is 0 Å². The summed E-state index contributed by atoms with van der Waals surface area (Å²) in [7, 11) is 1.05. The fourth-order valence-electron chi connectivity index (χ4n) is 10.7. The van der Waals surface area contributed by atoms with Crippen molar-refractivity contribution in [1.29, 1.82) is 0 Å². The summed E-state index contributed by atoms with van der Waals surface area (Å²) in [5.41, 5.74) is -13.1. The maximum absolute atomic E-state index is 13.5. The maximum Gasteiger partial charge on any atom is 0.347 e. The molecule has 2 heterocycles. The van der Waals surface area contributed by atoms with Gasteiger partial charge in [-0.3, -0.25) is 14.4 Å². The number of ether oxygens (including phenoxy) is 5. The molecule has 0 unspecified atom stereocenters. The van der Waals surface area contributed by atoms with Crippen LogP contribution in [0.3, 0.4) is 0 Å². The highest BCUT2D eigenvalue weighted by Crippen LogP contribution is 2.82. The molecule has 1 aromatic rings. The molecule has 5 aliphatic rings. The van der Waals surface area contributed by atoms with E-state index in [0.29, 0.717) is 5.56 Å². The topological polar surface area (TPSA) is 226 Å². The lowest BCUT2D eigenvalue weighted by Crippen LogP contribution is -2.88. The van der Waals surface area contributed by atoms with E-state index in [1.54, 1.807) is 6.92 Å². The van der Waals surface area contributed by atoms with Crippen molar-refractivity contribution in [1.82, 2.24) is 0 Å². The molecule has 0 spiro atoms. The van der Waals surface area contributed by atoms with Gasteiger partial charge < -0.3 is 48.5 Å². The molecule has 4 N–H and O–H groups in total. The molecule has 0 aromatic carbocycles. The average molecular weight is 677 g/mol. The Morgan fingerprint density at radius 3 is 2.19 bits per heavy atom. The van der Waals surface area contributed by atoms with Crippen molar-refractivity contribution in [3.63, 3.8) is 0 Å². The largest absolute Gasteiger partial charge is 0.472 e. The summed E-state index contributed by atoms with van der Waals surface area (Å²) in [6.45, 7) is 7.74. The van der Waals surface area contributed by atoms with E-state index in [2.05, 4.69) is 0 Å². The van der Waals surface area contributed by atoms with Gasteiger partial charge in [-0.05, 0) is 25.0 Å². The number of carbonyl (C=O) groups excluding carboxylic acids is 5. The third-order valence-corrected chi connectivity index (χ3v) is 12.3. The van der Waals surface area contributed by atoms with Crippen LogP contribution < -0.4 is 0 Å². The molecule has 1 aliphatic heterocycles. The first kappa shape index (κ1) is 34.1. The number of carbonyl (C=O) groups is 5. The van der Waals surface area contributed by atoms with Crippen LogP contribution in [0, 0.1) is 28.1 Å². The molecule has 4 saturated carbocycles. The molecule has 262 valence electrons. The molecule has 1 aromatic heterocycles. The first-order valence-corrected chi connectivity index (χ1v) is 15.6. The van der Waals surface area contributed by atoms with Gasteiger partial charge in [-0.15, -0.1) is 0 Å². The molecular weight excluding hydrogens is 636 g/mol. The van der Waals surface area contributed by atoms with Gasteiger partial charge in [-0.2, -0.15) is 0 Å². The lowest BCUT2D eigenvalue weighted by molar-refractivity contribution is -0.384. The number of methoxy groups -OCH3 is 1. The Labute approximate surface area is 275 Å². The average Bonchev–Trinajstić information content (AvgIpc) is 3.64. The van der Waals surface area contributed by atoms with Crippen LogP contribution >= 0.6 is 0 Å². The number of hydrogen-bond donors (Lipinski definition) is 4. The monoisotopic (exact) mass is 676 g/mol. The molecule has 4 fully saturated rings. The Kier molecular flexibility index (Phi) is 7.36. The van der Waals surface area contributed by atoms with Crippen molar-refractivity contribution < 1.29 is 72.5 Å². The Balaban J connectivity index is 1.69. The molecule has 15 heteroatoms. The number of rotatable bonds is 6. The second-order valence-electron chi connectivity index (χ2n) is 14.5. The zero-order valence-electron chi connectivity index (χ0n) is 27.5. The first-order chi connectivity index (χ1) is 22.2. The lowest BCUT2D eigenvalue weighted by atomic mass is 9.35. The van der Waals surface area contributed by atoms with E-state index in [-0.39, 0.29) is 12.0 Å². The Hall–Kier alpha value is -3.79. The van der Waals surface area contributed by atoms with E-state index in [4.69, 9.17) is 28.1 Å². The van der Waals surface area contributed by atoms with Crippen molar-refractivity contribution in [2.75, 3.05) is 7.11 Å². The number of furan rings is 1. The minimum absolute atomic E-state index is 0.295. The van der Waals surface area contributed by atoms with E-state index in [9.17, 15) is 44.4 Å².